The fourth-order valence-electron chi connectivity index (χ4n) is 3.09. The Labute approximate surface area is 164 Å². The van der Waals surface area contributed by atoms with Gasteiger partial charge in [0, 0.05) is 43.5 Å². The van der Waals surface area contributed by atoms with Crippen LogP contribution in [0.5, 0.6) is 0 Å². The number of hydrogen-bond acceptors (Lipinski definition) is 7. The molecule has 0 spiro atoms. The first kappa shape index (κ1) is 18.1. The Bertz CT molecular complexity index is 1260. The highest BCUT2D eigenvalue weighted by Crippen LogP contribution is 2.35. The molecule has 4 heterocycles. The Morgan fingerprint density at radius 2 is 2.32 bits per heavy atom. The van der Waals surface area contributed by atoms with E-state index in [4.69, 9.17) is 10.7 Å². The van der Waals surface area contributed by atoms with Crippen molar-refractivity contribution < 1.29 is 0 Å². The molecule has 9 nitrogen and oxygen atoms in total. The fourth-order valence-corrected chi connectivity index (χ4v) is 4.27. The average Bonchev–Trinajstić information content (AvgIpc) is 3.40. The van der Waals surface area contributed by atoms with Crippen LogP contribution in [0, 0.1) is 0 Å². The van der Waals surface area contributed by atoms with Gasteiger partial charge in [-0.1, -0.05) is 6.92 Å². The molecule has 0 amide bonds. The molecule has 144 valence electrons. The third-order valence-corrected chi connectivity index (χ3v) is 5.97. The van der Waals surface area contributed by atoms with Crippen LogP contribution in [-0.4, -0.2) is 42.8 Å². The van der Waals surface area contributed by atoms with E-state index in [9.17, 15) is 4.79 Å². The summed E-state index contributed by atoms with van der Waals surface area (Å²) in [6.45, 7) is 2.34. The number of nitrogens with one attached hydrogen (secondary N) is 1. The molecule has 4 rings (SSSR count). The van der Waals surface area contributed by atoms with Crippen LogP contribution in [0.15, 0.2) is 40.0 Å². The van der Waals surface area contributed by atoms with Crippen molar-refractivity contribution >= 4 is 38.8 Å². The number of aryl methyl sites for hydroxylation is 1. The van der Waals surface area contributed by atoms with Crippen molar-refractivity contribution in [2.24, 2.45) is 17.8 Å². The molecule has 0 aromatic carbocycles. The second kappa shape index (κ2) is 7.04. The van der Waals surface area contributed by atoms with Crippen molar-refractivity contribution in [3.63, 3.8) is 0 Å². The molecule has 4 aromatic rings. The Hall–Kier alpha value is -3.27. The first-order chi connectivity index (χ1) is 13.5. The van der Waals surface area contributed by atoms with Gasteiger partial charge in [0.15, 0.2) is 5.65 Å². The van der Waals surface area contributed by atoms with Crippen LogP contribution in [0.1, 0.15) is 23.5 Å². The number of thiazole rings is 1. The average molecular weight is 396 g/mol. The quantitative estimate of drug-likeness (QED) is 0.498. The van der Waals surface area contributed by atoms with Crippen molar-refractivity contribution in [3.8, 4) is 0 Å². The van der Waals surface area contributed by atoms with E-state index >= 15 is 0 Å². The summed E-state index contributed by atoms with van der Waals surface area (Å²) >= 11 is 1.54. The lowest BCUT2D eigenvalue weighted by Gasteiger charge is -2.08. The largest absolute Gasteiger partial charge is 0.401 e. The highest BCUT2D eigenvalue weighted by Gasteiger charge is 2.21. The normalized spacial score (nSPS) is 13.9. The van der Waals surface area contributed by atoms with Gasteiger partial charge < -0.3 is 10.3 Å². The van der Waals surface area contributed by atoms with Crippen molar-refractivity contribution in [2.45, 2.75) is 19.4 Å². The summed E-state index contributed by atoms with van der Waals surface area (Å²) < 4.78 is 4.20. The van der Waals surface area contributed by atoms with Gasteiger partial charge >= 0.3 is 0 Å². The van der Waals surface area contributed by atoms with Gasteiger partial charge in [-0.05, 0) is 12.1 Å². The highest BCUT2D eigenvalue weighted by molar-refractivity contribution is 7.19. The summed E-state index contributed by atoms with van der Waals surface area (Å²) in [6, 6.07) is 1.82. The van der Waals surface area contributed by atoms with Crippen molar-refractivity contribution in [2.75, 3.05) is 7.05 Å². The number of aromatic nitrogens is 6. The lowest BCUT2D eigenvalue weighted by atomic mass is 10.1. The number of nitrogens with zero attached hydrogens (tertiary/aromatic N) is 6. The third-order valence-electron chi connectivity index (χ3n) is 4.71. The molecular formula is C18H20N8OS. The van der Waals surface area contributed by atoms with Crippen LogP contribution in [0.4, 0.5) is 0 Å². The van der Waals surface area contributed by atoms with E-state index in [1.165, 1.54) is 16.0 Å². The second-order valence-electron chi connectivity index (χ2n) is 6.51. The molecule has 28 heavy (non-hydrogen) atoms. The standard InChI is InChI=1S/C18H20N8OS/c1-10(13(19)5-6-20-2)17-23-16-15(28-17)12-8-22-26(9-11-4-7-21-24-11)18(27)14(12)25(16)3/h4-8,10H,9,19H2,1-3H3,(H,21,24). The van der Waals surface area contributed by atoms with Crippen LogP contribution < -0.4 is 11.3 Å². The maximum Gasteiger partial charge on any atom is 0.291 e. The highest BCUT2D eigenvalue weighted by atomic mass is 32.1. The van der Waals surface area contributed by atoms with Gasteiger partial charge in [-0.25, -0.2) is 9.67 Å². The van der Waals surface area contributed by atoms with E-state index in [0.29, 0.717) is 17.8 Å². The number of aromatic amines is 1. The monoisotopic (exact) mass is 396 g/mol. The van der Waals surface area contributed by atoms with Gasteiger partial charge in [0.1, 0.15) is 10.5 Å². The zero-order chi connectivity index (χ0) is 19.8. The van der Waals surface area contributed by atoms with E-state index in [1.54, 1.807) is 31.7 Å². The summed E-state index contributed by atoms with van der Waals surface area (Å²) in [5.41, 5.74) is 8.84. The molecule has 0 aliphatic carbocycles. The van der Waals surface area contributed by atoms with Gasteiger partial charge in [-0.15, -0.1) is 11.3 Å². The maximum absolute atomic E-state index is 13.0. The van der Waals surface area contributed by atoms with Crippen LogP contribution in [0.2, 0.25) is 0 Å². The van der Waals surface area contributed by atoms with Gasteiger partial charge in [0.2, 0.25) is 0 Å². The molecule has 0 fully saturated rings. The minimum absolute atomic E-state index is 0.0424. The number of rotatable bonds is 5. The molecule has 4 aromatic heterocycles. The Morgan fingerprint density at radius 1 is 1.50 bits per heavy atom. The SMILES string of the molecule is CN=CC=C(N)C(C)c1nc2c(s1)c1cnn(Cc3ccn[nH]3)c(=O)c1n2C. The summed E-state index contributed by atoms with van der Waals surface area (Å²) in [5.74, 6) is -0.0424. The number of hydrogen-bond donors (Lipinski definition) is 2. The van der Waals surface area contributed by atoms with E-state index < -0.39 is 0 Å². The summed E-state index contributed by atoms with van der Waals surface area (Å²) in [7, 11) is 3.55. The molecule has 0 aliphatic rings. The third kappa shape index (κ3) is 2.91. The zero-order valence-corrected chi connectivity index (χ0v) is 16.6. The number of H-pyrrole nitrogens is 1. The predicted octanol–water partition coefficient (Wildman–Crippen LogP) is 1.76. The smallest absolute Gasteiger partial charge is 0.291 e. The lowest BCUT2D eigenvalue weighted by Crippen LogP contribution is -2.24. The van der Waals surface area contributed by atoms with E-state index in [2.05, 4.69) is 20.3 Å². The van der Waals surface area contributed by atoms with E-state index in [-0.39, 0.29) is 11.5 Å². The fraction of sp³-hybridized carbons (Fsp3) is 0.278. The Kier molecular flexibility index (Phi) is 4.55. The van der Waals surface area contributed by atoms with Crippen LogP contribution in [0.25, 0.3) is 21.3 Å². The first-order valence-electron chi connectivity index (χ1n) is 8.72. The molecule has 10 heteroatoms. The number of nitrogens with two attached hydrogens (primary N) is 1. The molecule has 0 radical (unpaired) electrons. The van der Waals surface area contributed by atoms with Crippen molar-refractivity contribution in [1.29, 1.82) is 0 Å². The molecule has 0 aliphatic heterocycles. The number of aliphatic imine (C=N–C) groups is 1. The molecule has 0 bridgehead atoms. The molecule has 1 unspecified atom stereocenters. The first-order valence-corrected chi connectivity index (χ1v) is 9.54. The summed E-state index contributed by atoms with van der Waals surface area (Å²) in [4.78, 5) is 21.6. The number of fused-ring (bicyclic) bond motifs is 3. The Morgan fingerprint density at radius 3 is 3.04 bits per heavy atom. The van der Waals surface area contributed by atoms with Gasteiger partial charge in [-0.2, -0.15) is 10.2 Å². The Balaban J connectivity index is 1.80. The lowest BCUT2D eigenvalue weighted by molar-refractivity contribution is 0.631. The van der Waals surface area contributed by atoms with E-state index in [1.807, 2.05) is 24.6 Å². The topological polar surface area (TPSA) is 120 Å². The maximum atomic E-state index is 13.0. The second-order valence-corrected chi connectivity index (χ2v) is 7.54. The summed E-state index contributed by atoms with van der Waals surface area (Å²) in [5, 5.41) is 12.8. The van der Waals surface area contributed by atoms with Crippen LogP contribution >= 0.6 is 11.3 Å². The zero-order valence-electron chi connectivity index (χ0n) is 15.7. The van der Waals surface area contributed by atoms with Crippen LogP contribution in [0.3, 0.4) is 0 Å². The van der Waals surface area contributed by atoms with E-state index in [0.717, 1.165) is 26.4 Å². The predicted molar refractivity (Wildman–Crippen MR) is 111 cm³/mol. The van der Waals surface area contributed by atoms with Gasteiger partial charge in [0.05, 0.1) is 23.1 Å². The minimum Gasteiger partial charge on any atom is -0.401 e. The molecule has 3 N–H and O–H groups in total. The summed E-state index contributed by atoms with van der Waals surface area (Å²) in [6.07, 6.45) is 6.83. The minimum atomic E-state index is -0.159. The van der Waals surface area contributed by atoms with Crippen LogP contribution in [-0.2, 0) is 13.6 Å². The van der Waals surface area contributed by atoms with Gasteiger partial charge in [0.25, 0.3) is 5.56 Å². The number of allylic oxidation sites excluding steroid dienone is 2. The molecule has 1 atom stereocenters. The molecule has 0 saturated heterocycles. The molecule has 0 saturated carbocycles. The van der Waals surface area contributed by atoms with Crippen molar-refractivity contribution in [1.82, 2.24) is 29.5 Å². The van der Waals surface area contributed by atoms with Crippen molar-refractivity contribution in [3.05, 3.63) is 51.3 Å². The molecular weight excluding hydrogens is 376 g/mol. The van der Waals surface area contributed by atoms with Gasteiger partial charge in [-0.3, -0.25) is 14.9 Å².